The van der Waals surface area contributed by atoms with Crippen molar-refractivity contribution in [3.8, 4) is 0 Å². The zero-order chi connectivity index (χ0) is 16.8. The van der Waals surface area contributed by atoms with E-state index in [1.165, 1.54) is 6.07 Å². The van der Waals surface area contributed by atoms with E-state index in [-0.39, 0.29) is 6.61 Å². The van der Waals surface area contributed by atoms with Crippen molar-refractivity contribution in [3.63, 3.8) is 0 Å². The first-order valence-electron chi connectivity index (χ1n) is 6.62. The molecule has 2 rings (SSSR count). The minimum Gasteiger partial charge on any atom is -0.479 e. The van der Waals surface area contributed by atoms with E-state index >= 15 is 0 Å². The van der Waals surface area contributed by atoms with Gasteiger partial charge in [0, 0.05) is 4.47 Å². The van der Waals surface area contributed by atoms with Crippen molar-refractivity contribution in [1.82, 2.24) is 5.32 Å². The summed E-state index contributed by atoms with van der Waals surface area (Å²) in [5.74, 6) is -1.20. The van der Waals surface area contributed by atoms with Crippen LogP contribution in [0.5, 0.6) is 0 Å². The summed E-state index contributed by atoms with van der Waals surface area (Å²) in [6.45, 7) is 0.0589. The Hall–Kier alpha value is -2.05. The smallest absolute Gasteiger partial charge is 0.408 e. The zero-order valence-electron chi connectivity index (χ0n) is 11.8. The minimum absolute atomic E-state index is 0.0589. The number of carbonyl (C=O) groups excluding carboxylic acids is 1. The van der Waals surface area contributed by atoms with Crippen LogP contribution in [0.1, 0.15) is 17.2 Å². The molecule has 2 aromatic rings. The molecule has 7 heteroatoms. The number of amides is 1. The third-order valence-electron chi connectivity index (χ3n) is 3.00. The summed E-state index contributed by atoms with van der Waals surface area (Å²) in [7, 11) is 0. The maximum Gasteiger partial charge on any atom is 0.408 e. The summed E-state index contributed by atoms with van der Waals surface area (Å²) >= 11 is 9.10. The number of halogens is 2. The topological polar surface area (TPSA) is 75.6 Å². The molecule has 23 heavy (non-hydrogen) atoms. The van der Waals surface area contributed by atoms with E-state index < -0.39 is 18.1 Å². The summed E-state index contributed by atoms with van der Waals surface area (Å²) < 4.78 is 5.58. The van der Waals surface area contributed by atoms with Crippen molar-refractivity contribution in [1.29, 1.82) is 0 Å². The van der Waals surface area contributed by atoms with Gasteiger partial charge in [0.05, 0.1) is 5.02 Å². The second-order valence-corrected chi connectivity index (χ2v) is 5.91. The largest absolute Gasteiger partial charge is 0.479 e. The molecule has 1 atom stereocenters. The van der Waals surface area contributed by atoms with Gasteiger partial charge in [-0.3, -0.25) is 0 Å². The fraction of sp³-hybridized carbons (Fsp3) is 0.125. The Balaban J connectivity index is 2.02. The highest BCUT2D eigenvalue weighted by Crippen LogP contribution is 2.26. The maximum atomic E-state index is 11.8. The molecule has 0 radical (unpaired) electrons. The Kier molecular flexibility index (Phi) is 6.01. The van der Waals surface area contributed by atoms with E-state index in [0.29, 0.717) is 15.1 Å². The van der Waals surface area contributed by atoms with Gasteiger partial charge >= 0.3 is 12.1 Å². The van der Waals surface area contributed by atoms with E-state index in [1.807, 2.05) is 18.2 Å². The molecule has 2 N–H and O–H groups in total. The highest BCUT2D eigenvalue weighted by molar-refractivity contribution is 9.10. The van der Waals surface area contributed by atoms with Gasteiger partial charge in [-0.1, -0.05) is 48.0 Å². The van der Waals surface area contributed by atoms with Gasteiger partial charge in [0.15, 0.2) is 6.04 Å². The average Bonchev–Trinajstić information content (AvgIpc) is 2.54. The molecule has 0 saturated heterocycles. The number of carboxylic acid groups (broad SMARTS) is 1. The number of aliphatic carboxylic acids is 1. The standard InChI is InChI=1S/C16H13BrClNO4/c17-12-8-11(6-7-13(12)18)14(15(20)21)19-16(22)23-9-10-4-2-1-3-5-10/h1-8,14H,9H2,(H,19,22)(H,20,21). The van der Waals surface area contributed by atoms with E-state index in [1.54, 1.807) is 24.3 Å². The number of benzene rings is 2. The maximum absolute atomic E-state index is 11.8. The number of alkyl carbamates (subject to hydrolysis) is 1. The molecule has 0 saturated carbocycles. The first-order valence-corrected chi connectivity index (χ1v) is 7.79. The van der Waals surface area contributed by atoms with Crippen LogP contribution in [0.15, 0.2) is 53.0 Å². The number of carbonyl (C=O) groups is 2. The molecule has 5 nitrogen and oxygen atoms in total. The van der Waals surface area contributed by atoms with Gasteiger partial charge in [0.25, 0.3) is 0 Å². The minimum atomic E-state index is -1.23. The van der Waals surface area contributed by atoms with Crippen LogP contribution in [-0.2, 0) is 16.1 Å². The predicted molar refractivity (Wildman–Crippen MR) is 89.3 cm³/mol. The molecule has 0 aliphatic carbocycles. The highest BCUT2D eigenvalue weighted by Gasteiger charge is 2.23. The van der Waals surface area contributed by atoms with Crippen LogP contribution in [0.25, 0.3) is 0 Å². The van der Waals surface area contributed by atoms with Gasteiger partial charge in [-0.2, -0.15) is 0 Å². The Labute approximate surface area is 146 Å². The fourth-order valence-electron chi connectivity index (χ4n) is 1.86. The molecule has 0 aliphatic rings. The first kappa shape index (κ1) is 17.3. The van der Waals surface area contributed by atoms with Crippen LogP contribution in [0.3, 0.4) is 0 Å². The third kappa shape index (κ3) is 4.97. The van der Waals surface area contributed by atoms with Crippen LogP contribution < -0.4 is 5.32 Å². The quantitative estimate of drug-likeness (QED) is 0.793. The lowest BCUT2D eigenvalue weighted by atomic mass is 10.1. The number of hydrogen-bond donors (Lipinski definition) is 2. The molecular formula is C16H13BrClNO4. The lowest BCUT2D eigenvalue weighted by Gasteiger charge is -2.15. The third-order valence-corrected chi connectivity index (χ3v) is 4.21. The van der Waals surface area contributed by atoms with E-state index in [9.17, 15) is 14.7 Å². The van der Waals surface area contributed by atoms with Gasteiger partial charge in [-0.15, -0.1) is 0 Å². The van der Waals surface area contributed by atoms with E-state index in [2.05, 4.69) is 21.2 Å². The number of hydrogen-bond acceptors (Lipinski definition) is 3. The first-order chi connectivity index (χ1) is 11.0. The van der Waals surface area contributed by atoms with Gasteiger partial charge in [0.2, 0.25) is 0 Å². The summed E-state index contributed by atoms with van der Waals surface area (Å²) in [6.07, 6.45) is -0.813. The molecule has 0 aliphatic heterocycles. The fourth-order valence-corrected chi connectivity index (χ4v) is 2.38. The van der Waals surface area contributed by atoms with Crippen molar-refractivity contribution in [3.05, 3.63) is 69.2 Å². The van der Waals surface area contributed by atoms with E-state index in [4.69, 9.17) is 16.3 Å². The molecule has 0 spiro atoms. The highest BCUT2D eigenvalue weighted by atomic mass is 79.9. The second-order valence-electron chi connectivity index (χ2n) is 4.65. The summed E-state index contributed by atoms with van der Waals surface area (Å²) in [5, 5.41) is 12.1. The number of rotatable bonds is 5. The Morgan fingerprint density at radius 1 is 1.22 bits per heavy atom. The van der Waals surface area contributed by atoms with Crippen LogP contribution in [0, 0.1) is 0 Å². The Morgan fingerprint density at radius 3 is 2.52 bits per heavy atom. The van der Waals surface area contributed by atoms with Gasteiger partial charge in [0.1, 0.15) is 6.61 Å². The lowest BCUT2D eigenvalue weighted by Crippen LogP contribution is -2.34. The summed E-state index contributed by atoms with van der Waals surface area (Å²) in [5.41, 5.74) is 1.19. The monoisotopic (exact) mass is 397 g/mol. The molecule has 0 heterocycles. The van der Waals surface area contributed by atoms with Gasteiger partial charge in [-0.05, 0) is 39.2 Å². The average molecular weight is 399 g/mol. The van der Waals surface area contributed by atoms with Crippen LogP contribution >= 0.6 is 27.5 Å². The number of carboxylic acids is 1. The summed E-state index contributed by atoms with van der Waals surface area (Å²) in [6, 6.07) is 12.5. The lowest BCUT2D eigenvalue weighted by molar-refractivity contribution is -0.139. The van der Waals surface area contributed by atoms with Crippen molar-refractivity contribution in [2.45, 2.75) is 12.6 Å². The molecule has 0 bridgehead atoms. The van der Waals surface area contributed by atoms with Crippen LogP contribution in [0.2, 0.25) is 5.02 Å². The normalized spacial score (nSPS) is 11.6. The van der Waals surface area contributed by atoms with Crippen molar-refractivity contribution in [2.24, 2.45) is 0 Å². The Bertz CT molecular complexity index is 708. The SMILES string of the molecule is O=C(NC(C(=O)O)c1ccc(Cl)c(Br)c1)OCc1ccccc1. The second kappa shape index (κ2) is 7.99. The molecule has 120 valence electrons. The van der Waals surface area contributed by atoms with Crippen molar-refractivity contribution >= 4 is 39.6 Å². The number of nitrogens with one attached hydrogen (secondary N) is 1. The molecule has 1 amide bonds. The zero-order valence-corrected chi connectivity index (χ0v) is 14.2. The molecule has 0 aromatic heterocycles. The Morgan fingerprint density at radius 2 is 1.91 bits per heavy atom. The van der Waals surface area contributed by atoms with Crippen molar-refractivity contribution in [2.75, 3.05) is 0 Å². The van der Waals surface area contributed by atoms with Crippen molar-refractivity contribution < 1.29 is 19.4 Å². The molecule has 1 unspecified atom stereocenters. The summed E-state index contributed by atoms with van der Waals surface area (Å²) in [4.78, 5) is 23.2. The molecule has 2 aromatic carbocycles. The molecular weight excluding hydrogens is 386 g/mol. The number of ether oxygens (including phenoxy) is 1. The van der Waals surface area contributed by atoms with Crippen LogP contribution in [-0.4, -0.2) is 17.2 Å². The van der Waals surface area contributed by atoms with Gasteiger partial charge < -0.3 is 15.2 Å². The predicted octanol–water partition coefficient (Wildman–Crippen LogP) is 4.15. The van der Waals surface area contributed by atoms with Gasteiger partial charge in [-0.25, -0.2) is 9.59 Å². The van der Waals surface area contributed by atoms with E-state index in [0.717, 1.165) is 5.56 Å². The molecule has 0 fully saturated rings. The van der Waals surface area contributed by atoms with Crippen LogP contribution in [0.4, 0.5) is 4.79 Å².